The Hall–Kier alpha value is -4.87. The average molecular weight is 708 g/mol. The Kier molecular flexibility index (Phi) is 11.9. The molecular formula is C40H42ClN5O5. The molecule has 0 saturated carbocycles. The highest BCUT2D eigenvalue weighted by atomic mass is 35.5. The van der Waals surface area contributed by atoms with Gasteiger partial charge in [-0.05, 0) is 66.4 Å². The van der Waals surface area contributed by atoms with Crippen molar-refractivity contribution in [2.24, 2.45) is 5.73 Å². The highest BCUT2D eigenvalue weighted by Gasteiger charge is 2.43. The number of hydrogen-bond acceptors (Lipinski definition) is 8. The van der Waals surface area contributed by atoms with Gasteiger partial charge in [-0.2, -0.15) is 0 Å². The van der Waals surface area contributed by atoms with Crippen molar-refractivity contribution in [1.82, 2.24) is 20.5 Å². The zero-order chi connectivity index (χ0) is 35.7. The van der Waals surface area contributed by atoms with Crippen LogP contribution in [0, 0.1) is 0 Å². The Balaban J connectivity index is 1.25. The number of amides is 2. The van der Waals surface area contributed by atoms with Crippen molar-refractivity contribution in [3.63, 3.8) is 0 Å². The summed E-state index contributed by atoms with van der Waals surface area (Å²) in [6.07, 6.45) is 1.23. The number of nitrogens with one attached hydrogen (secondary N) is 2. The highest BCUT2D eigenvalue weighted by Crippen LogP contribution is 2.25. The van der Waals surface area contributed by atoms with Crippen molar-refractivity contribution in [2.45, 2.75) is 63.1 Å². The molecule has 264 valence electrons. The highest BCUT2D eigenvalue weighted by molar-refractivity contribution is 6.30. The smallest absolute Gasteiger partial charge is 0.266 e. The number of nitrogens with two attached hydrogens (primary N) is 1. The number of rotatable bonds is 15. The van der Waals surface area contributed by atoms with Crippen LogP contribution < -0.4 is 16.4 Å². The number of oxazole rings is 1. The third kappa shape index (κ3) is 9.08. The van der Waals surface area contributed by atoms with Gasteiger partial charge in [0.1, 0.15) is 17.6 Å². The molecule has 0 unspecified atom stereocenters. The molecule has 4 N–H and O–H groups in total. The minimum atomic E-state index is -1.03. The fourth-order valence-corrected chi connectivity index (χ4v) is 6.60. The van der Waals surface area contributed by atoms with Crippen LogP contribution in [0.5, 0.6) is 0 Å². The number of benzene rings is 4. The van der Waals surface area contributed by atoms with Gasteiger partial charge in [-0.3, -0.25) is 14.4 Å². The van der Waals surface area contributed by atoms with Crippen LogP contribution in [0.3, 0.4) is 0 Å². The number of likely N-dealkylation sites (N-methyl/N-ethyl adjacent to an activating group) is 1. The van der Waals surface area contributed by atoms with Crippen molar-refractivity contribution in [3.8, 4) is 0 Å². The van der Waals surface area contributed by atoms with Crippen LogP contribution in [0.2, 0.25) is 5.02 Å². The number of para-hydroxylation sites is 2. The Morgan fingerprint density at radius 3 is 2.39 bits per heavy atom. The van der Waals surface area contributed by atoms with E-state index in [2.05, 4.69) is 15.6 Å². The number of ketones is 1. The van der Waals surface area contributed by atoms with Gasteiger partial charge in [-0.25, -0.2) is 4.98 Å². The number of Topliss-reactive ketones (excluding diaryl/α,β-unsaturated/α-hetero) is 1. The standard InChI is InChI=1S/C40H42ClN5O5/c1-43-33(19-16-26-8-3-2-4-9-26)40(49)46-24-31(50-25-27-14-17-30(41)18-15-27)22-35(46)38(48)44-34(21-28-10-7-11-29(20-28)23-42)37(47)39-45-32-12-5-6-13-36(32)51-39/h2-15,17-18,20,31,33-35,43H,16,19,21-25,42H2,1H3,(H,44,48)/t31-,33-,34+,35+/m1/s1. The van der Waals surface area contributed by atoms with E-state index < -0.39 is 35.9 Å². The zero-order valence-corrected chi connectivity index (χ0v) is 29.2. The zero-order valence-electron chi connectivity index (χ0n) is 28.5. The Morgan fingerprint density at radius 1 is 0.922 bits per heavy atom. The average Bonchev–Trinajstić information content (AvgIpc) is 3.80. The maximum absolute atomic E-state index is 14.3. The summed E-state index contributed by atoms with van der Waals surface area (Å²) in [5, 5.41) is 6.77. The van der Waals surface area contributed by atoms with Crippen LogP contribution in [-0.2, 0) is 40.3 Å². The number of ether oxygens (including phenoxy) is 1. The van der Waals surface area contributed by atoms with E-state index in [0.717, 1.165) is 22.3 Å². The molecule has 51 heavy (non-hydrogen) atoms. The molecule has 2 amide bonds. The molecule has 10 nitrogen and oxygen atoms in total. The topological polar surface area (TPSA) is 140 Å². The molecule has 0 radical (unpaired) electrons. The molecule has 0 aliphatic carbocycles. The Bertz CT molecular complexity index is 1920. The summed E-state index contributed by atoms with van der Waals surface area (Å²) in [5.41, 5.74) is 10.7. The number of nitrogens with zero attached hydrogens (tertiary/aromatic N) is 2. The number of aryl methyl sites for hydroxylation is 1. The second-order valence-electron chi connectivity index (χ2n) is 12.8. The van der Waals surface area contributed by atoms with Crippen LogP contribution in [-0.4, -0.2) is 65.3 Å². The monoisotopic (exact) mass is 707 g/mol. The van der Waals surface area contributed by atoms with Gasteiger partial charge in [0.2, 0.25) is 17.6 Å². The third-order valence-corrected chi connectivity index (χ3v) is 9.52. The fraction of sp³-hybridized carbons (Fsp3) is 0.300. The van der Waals surface area contributed by atoms with E-state index in [9.17, 15) is 14.4 Å². The first-order valence-corrected chi connectivity index (χ1v) is 17.5. The molecule has 5 aromatic rings. The first-order chi connectivity index (χ1) is 24.8. The molecule has 1 saturated heterocycles. The maximum Gasteiger partial charge on any atom is 0.266 e. The van der Waals surface area contributed by atoms with Crippen LogP contribution in [0.1, 0.15) is 45.8 Å². The summed E-state index contributed by atoms with van der Waals surface area (Å²) < 4.78 is 12.1. The lowest BCUT2D eigenvalue weighted by molar-refractivity contribution is -0.140. The van der Waals surface area contributed by atoms with Crippen molar-refractivity contribution in [3.05, 3.63) is 136 Å². The quantitative estimate of drug-likeness (QED) is 0.125. The van der Waals surface area contributed by atoms with Crippen molar-refractivity contribution >= 4 is 40.3 Å². The van der Waals surface area contributed by atoms with Crippen molar-refractivity contribution in [1.29, 1.82) is 0 Å². The summed E-state index contributed by atoms with van der Waals surface area (Å²) in [7, 11) is 1.75. The van der Waals surface area contributed by atoms with Gasteiger partial charge in [0.05, 0.1) is 18.8 Å². The lowest BCUT2D eigenvalue weighted by Crippen LogP contribution is -2.54. The van der Waals surface area contributed by atoms with Gasteiger partial charge in [0.15, 0.2) is 5.58 Å². The van der Waals surface area contributed by atoms with Crippen molar-refractivity contribution in [2.75, 3.05) is 13.6 Å². The normalized spacial score (nSPS) is 17.0. The third-order valence-electron chi connectivity index (χ3n) is 9.26. The summed E-state index contributed by atoms with van der Waals surface area (Å²) in [6, 6.07) is 29.5. The largest absolute Gasteiger partial charge is 0.434 e. The molecule has 0 bridgehead atoms. The van der Waals surface area contributed by atoms with Gasteiger partial charge in [0, 0.05) is 31.0 Å². The van der Waals surface area contributed by atoms with Gasteiger partial charge in [-0.15, -0.1) is 0 Å². The lowest BCUT2D eigenvalue weighted by atomic mass is 9.99. The molecule has 11 heteroatoms. The number of carbonyl (C=O) groups is 3. The number of halogens is 1. The summed E-state index contributed by atoms with van der Waals surface area (Å²) in [4.78, 5) is 48.5. The second kappa shape index (κ2) is 16.9. The Labute approximate surface area is 302 Å². The molecule has 1 fully saturated rings. The Morgan fingerprint density at radius 2 is 1.65 bits per heavy atom. The van der Waals surface area contributed by atoms with E-state index >= 15 is 0 Å². The van der Waals surface area contributed by atoms with E-state index in [1.165, 1.54) is 0 Å². The van der Waals surface area contributed by atoms with E-state index in [-0.39, 0.29) is 37.8 Å². The van der Waals surface area contributed by atoms with Crippen LogP contribution >= 0.6 is 11.6 Å². The molecule has 1 aliphatic rings. The fourth-order valence-electron chi connectivity index (χ4n) is 6.48. The molecule has 0 spiro atoms. The molecular weight excluding hydrogens is 666 g/mol. The number of likely N-dealkylation sites (tertiary alicyclic amines) is 1. The number of carbonyl (C=O) groups excluding carboxylic acids is 3. The first-order valence-electron chi connectivity index (χ1n) is 17.2. The molecule has 1 aliphatic heterocycles. The predicted octanol–water partition coefficient (Wildman–Crippen LogP) is 5.26. The molecule has 6 rings (SSSR count). The van der Waals surface area contributed by atoms with Gasteiger partial charge in [-0.1, -0.05) is 90.5 Å². The van der Waals surface area contributed by atoms with Crippen LogP contribution in [0.15, 0.2) is 108 Å². The minimum Gasteiger partial charge on any atom is -0.434 e. The van der Waals surface area contributed by atoms with E-state index in [4.69, 9.17) is 26.5 Å². The van der Waals surface area contributed by atoms with Gasteiger partial charge < -0.3 is 30.4 Å². The maximum atomic E-state index is 14.3. The molecule has 4 aromatic carbocycles. The van der Waals surface area contributed by atoms with Gasteiger partial charge >= 0.3 is 0 Å². The van der Waals surface area contributed by atoms with E-state index in [1.807, 2.05) is 72.8 Å². The first kappa shape index (κ1) is 35.9. The SMILES string of the molecule is CN[C@H](CCc1ccccc1)C(=O)N1C[C@H](OCc2ccc(Cl)cc2)C[C@H]1C(=O)N[C@@H](Cc1cccc(CN)c1)C(=O)c1nc2ccccc2o1. The summed E-state index contributed by atoms with van der Waals surface area (Å²) >= 11 is 6.07. The minimum absolute atomic E-state index is 0.101. The molecule has 4 atom stereocenters. The number of aromatic nitrogens is 1. The van der Waals surface area contributed by atoms with Crippen LogP contribution in [0.25, 0.3) is 11.1 Å². The summed E-state index contributed by atoms with van der Waals surface area (Å²) in [5.74, 6) is -1.23. The number of fused-ring (bicyclic) bond motifs is 1. The van der Waals surface area contributed by atoms with E-state index in [0.29, 0.717) is 35.5 Å². The molecule has 1 aromatic heterocycles. The second-order valence-corrected chi connectivity index (χ2v) is 13.2. The lowest BCUT2D eigenvalue weighted by Gasteiger charge is -2.29. The van der Waals surface area contributed by atoms with Crippen molar-refractivity contribution < 1.29 is 23.5 Å². The summed E-state index contributed by atoms with van der Waals surface area (Å²) in [6.45, 7) is 0.839. The van der Waals surface area contributed by atoms with Gasteiger partial charge in [0.25, 0.3) is 5.89 Å². The van der Waals surface area contributed by atoms with E-state index in [1.54, 1.807) is 42.3 Å². The number of hydrogen-bond donors (Lipinski definition) is 3. The molecule has 2 heterocycles. The van der Waals surface area contributed by atoms with Crippen LogP contribution in [0.4, 0.5) is 0 Å². The predicted molar refractivity (Wildman–Crippen MR) is 196 cm³/mol.